The van der Waals surface area contributed by atoms with E-state index in [-0.39, 0.29) is 5.78 Å². The minimum Gasteiger partial charge on any atom is -0.314 e. The number of hydrogen-bond donors (Lipinski definition) is 1. The van der Waals surface area contributed by atoms with E-state index < -0.39 is 0 Å². The third-order valence-electron chi connectivity index (χ3n) is 1.79. The molecule has 0 spiro atoms. The van der Waals surface area contributed by atoms with Crippen molar-refractivity contribution in [2.45, 2.75) is 6.92 Å². The molecule has 0 amide bonds. The minimum atomic E-state index is 0.191. The monoisotopic (exact) mass is 158 g/mol. The number of rotatable bonds is 2. The number of carbonyl (C=O) groups is 1. The summed E-state index contributed by atoms with van der Waals surface area (Å²) in [6.45, 7) is 4.98. The lowest BCUT2D eigenvalue weighted by molar-refractivity contribution is -0.128. The van der Waals surface area contributed by atoms with Crippen molar-refractivity contribution in [1.29, 1.82) is 0 Å². The summed E-state index contributed by atoms with van der Waals surface area (Å²) in [4.78, 5) is 12.7. The summed E-state index contributed by atoms with van der Waals surface area (Å²) < 4.78 is 0. The van der Waals surface area contributed by atoms with Gasteiger partial charge in [-0.15, -0.1) is 0 Å². The van der Waals surface area contributed by atoms with Gasteiger partial charge in [-0.05, 0) is 6.92 Å². The Labute approximate surface area is 66.4 Å². The second-order valence-corrected chi connectivity index (χ2v) is 2.93. The van der Waals surface area contributed by atoms with Crippen LogP contribution in [-0.2, 0) is 4.79 Å². The Kier molecular flexibility index (Phi) is 2.99. The number of Topliss-reactive ketones (excluding diaryl/α,β-unsaturated/α-hetero) is 1. The normalized spacial score (nSPS) is 22.0. The molecule has 0 aromatic heterocycles. The quantitative estimate of drug-likeness (QED) is 0.593. The van der Waals surface area contributed by atoms with Crippen molar-refractivity contribution >= 4 is 5.78 Å². The highest BCUT2D eigenvalue weighted by atomic mass is 16.5. The molecule has 0 aromatic rings. The Morgan fingerprint density at radius 1 is 1.36 bits per heavy atom. The molecular formula is C7H14N2O2. The van der Waals surface area contributed by atoms with E-state index in [9.17, 15) is 4.79 Å². The highest BCUT2D eigenvalue weighted by Crippen LogP contribution is 1.97. The van der Waals surface area contributed by atoms with Crippen LogP contribution in [0.1, 0.15) is 6.92 Å². The minimum absolute atomic E-state index is 0.191. The van der Waals surface area contributed by atoms with Gasteiger partial charge in [0.05, 0.1) is 6.54 Å². The van der Waals surface area contributed by atoms with Gasteiger partial charge < -0.3 is 5.21 Å². The first-order chi connectivity index (χ1) is 5.18. The molecule has 0 radical (unpaired) electrons. The maximum Gasteiger partial charge on any atom is 0.143 e. The van der Waals surface area contributed by atoms with Crippen molar-refractivity contribution < 1.29 is 10.0 Å². The van der Waals surface area contributed by atoms with Crippen LogP contribution in [0.4, 0.5) is 0 Å². The van der Waals surface area contributed by atoms with E-state index >= 15 is 0 Å². The van der Waals surface area contributed by atoms with Gasteiger partial charge in [0.15, 0.2) is 0 Å². The van der Waals surface area contributed by atoms with E-state index in [0.717, 1.165) is 13.1 Å². The largest absolute Gasteiger partial charge is 0.314 e. The molecule has 64 valence electrons. The molecule has 0 atom stereocenters. The van der Waals surface area contributed by atoms with Crippen LogP contribution >= 0.6 is 0 Å². The number of ketones is 1. The molecule has 4 nitrogen and oxygen atoms in total. The maximum absolute atomic E-state index is 10.7. The van der Waals surface area contributed by atoms with Crippen LogP contribution in [0.15, 0.2) is 0 Å². The van der Waals surface area contributed by atoms with E-state index in [4.69, 9.17) is 5.21 Å². The molecule has 1 N–H and O–H groups in total. The molecule has 0 saturated carbocycles. The van der Waals surface area contributed by atoms with E-state index in [1.165, 1.54) is 5.06 Å². The van der Waals surface area contributed by atoms with Crippen LogP contribution in [-0.4, -0.2) is 53.7 Å². The van der Waals surface area contributed by atoms with Crippen molar-refractivity contribution in [3.63, 3.8) is 0 Å². The third kappa shape index (κ3) is 2.96. The Hall–Kier alpha value is -0.450. The molecule has 4 heteroatoms. The average Bonchev–Trinajstić information content (AvgIpc) is 1.93. The molecule has 1 aliphatic heterocycles. The summed E-state index contributed by atoms with van der Waals surface area (Å²) in [6.07, 6.45) is 0. The first-order valence-electron chi connectivity index (χ1n) is 3.84. The fraction of sp³-hybridized carbons (Fsp3) is 0.857. The molecule has 1 heterocycles. The lowest BCUT2D eigenvalue weighted by Gasteiger charge is -2.29. The Morgan fingerprint density at radius 3 is 2.36 bits per heavy atom. The Bertz CT molecular complexity index is 141. The van der Waals surface area contributed by atoms with Gasteiger partial charge in [0.25, 0.3) is 0 Å². The number of piperazine rings is 1. The molecule has 1 aliphatic rings. The summed E-state index contributed by atoms with van der Waals surface area (Å²) in [5.41, 5.74) is 0. The first kappa shape index (κ1) is 8.64. The van der Waals surface area contributed by atoms with E-state index in [0.29, 0.717) is 19.6 Å². The fourth-order valence-corrected chi connectivity index (χ4v) is 1.21. The van der Waals surface area contributed by atoms with Crippen molar-refractivity contribution in [2.24, 2.45) is 0 Å². The predicted molar refractivity (Wildman–Crippen MR) is 40.5 cm³/mol. The molecular weight excluding hydrogens is 144 g/mol. The number of nitrogens with zero attached hydrogens (tertiary/aromatic N) is 2. The third-order valence-corrected chi connectivity index (χ3v) is 1.79. The van der Waals surface area contributed by atoms with Gasteiger partial charge >= 0.3 is 0 Å². The molecule has 1 rings (SSSR count). The lowest BCUT2D eigenvalue weighted by Crippen LogP contribution is -2.46. The standard InChI is InChI=1S/C7H14N2O2/c1-7(10)6-8-2-4-9(11)5-3-8/h11H,2-6H2,1H3. The van der Waals surface area contributed by atoms with Crippen molar-refractivity contribution in [2.75, 3.05) is 32.7 Å². The summed E-state index contributed by atoms with van der Waals surface area (Å²) in [5.74, 6) is 0.191. The van der Waals surface area contributed by atoms with Crippen molar-refractivity contribution in [3.8, 4) is 0 Å². The number of hydrogen-bond acceptors (Lipinski definition) is 4. The van der Waals surface area contributed by atoms with Crippen LogP contribution in [0.5, 0.6) is 0 Å². The summed E-state index contributed by atoms with van der Waals surface area (Å²) in [6, 6.07) is 0. The highest BCUT2D eigenvalue weighted by molar-refractivity contribution is 5.77. The highest BCUT2D eigenvalue weighted by Gasteiger charge is 2.15. The smallest absolute Gasteiger partial charge is 0.143 e. The number of hydroxylamine groups is 2. The topological polar surface area (TPSA) is 43.8 Å². The Morgan fingerprint density at radius 2 is 1.91 bits per heavy atom. The molecule has 11 heavy (non-hydrogen) atoms. The Balaban J connectivity index is 2.22. The van der Waals surface area contributed by atoms with Crippen molar-refractivity contribution in [3.05, 3.63) is 0 Å². The summed E-state index contributed by atoms with van der Waals surface area (Å²) in [7, 11) is 0. The number of carbonyl (C=O) groups excluding carboxylic acids is 1. The molecule has 0 unspecified atom stereocenters. The van der Waals surface area contributed by atoms with Crippen LogP contribution in [0.2, 0.25) is 0 Å². The fourth-order valence-electron chi connectivity index (χ4n) is 1.21. The van der Waals surface area contributed by atoms with E-state index in [1.54, 1.807) is 6.92 Å². The van der Waals surface area contributed by atoms with Gasteiger partial charge in [0.1, 0.15) is 5.78 Å². The average molecular weight is 158 g/mol. The van der Waals surface area contributed by atoms with Crippen LogP contribution < -0.4 is 0 Å². The first-order valence-corrected chi connectivity index (χ1v) is 3.84. The van der Waals surface area contributed by atoms with Gasteiger partial charge in [0.2, 0.25) is 0 Å². The molecule has 0 aromatic carbocycles. The van der Waals surface area contributed by atoms with E-state index in [2.05, 4.69) is 4.90 Å². The zero-order valence-corrected chi connectivity index (χ0v) is 6.79. The molecule has 0 aliphatic carbocycles. The van der Waals surface area contributed by atoms with Crippen LogP contribution in [0.25, 0.3) is 0 Å². The SMILES string of the molecule is CC(=O)CN1CCN(O)CC1. The second-order valence-electron chi connectivity index (χ2n) is 2.93. The second kappa shape index (κ2) is 3.80. The van der Waals surface area contributed by atoms with Gasteiger partial charge in [-0.25, -0.2) is 0 Å². The zero-order valence-electron chi connectivity index (χ0n) is 6.79. The van der Waals surface area contributed by atoms with Crippen LogP contribution in [0, 0.1) is 0 Å². The van der Waals surface area contributed by atoms with Gasteiger partial charge in [-0.3, -0.25) is 9.69 Å². The molecule has 1 fully saturated rings. The van der Waals surface area contributed by atoms with Gasteiger partial charge in [0, 0.05) is 26.2 Å². The molecule has 1 saturated heterocycles. The van der Waals surface area contributed by atoms with Crippen LogP contribution in [0.3, 0.4) is 0 Å². The van der Waals surface area contributed by atoms with Gasteiger partial charge in [-0.1, -0.05) is 0 Å². The predicted octanol–water partition coefficient (Wildman–Crippen LogP) is -0.418. The summed E-state index contributed by atoms with van der Waals surface area (Å²) in [5, 5.41) is 10.3. The zero-order chi connectivity index (χ0) is 8.27. The van der Waals surface area contributed by atoms with Crippen molar-refractivity contribution in [1.82, 2.24) is 9.96 Å². The summed E-state index contributed by atoms with van der Waals surface area (Å²) >= 11 is 0. The van der Waals surface area contributed by atoms with E-state index in [1.807, 2.05) is 0 Å². The molecule has 0 bridgehead atoms. The maximum atomic E-state index is 10.7. The lowest BCUT2D eigenvalue weighted by atomic mass is 10.3. The van der Waals surface area contributed by atoms with Gasteiger partial charge in [-0.2, -0.15) is 5.06 Å².